The third-order valence-corrected chi connectivity index (χ3v) is 6.89. The molecule has 0 radical (unpaired) electrons. The molecular weight excluding hydrogens is 433 g/mol. The van der Waals surface area contributed by atoms with Gasteiger partial charge in [0.25, 0.3) is 5.91 Å². The zero-order chi connectivity index (χ0) is 23.2. The molecule has 0 unspecified atom stereocenters. The monoisotopic (exact) mass is 457 g/mol. The normalized spacial score (nSPS) is 20.1. The highest BCUT2D eigenvalue weighted by atomic mass is 19.1. The average molecular weight is 458 g/mol. The van der Waals surface area contributed by atoms with Gasteiger partial charge in [-0.05, 0) is 56.5 Å². The van der Waals surface area contributed by atoms with Crippen molar-refractivity contribution >= 4 is 22.8 Å². The number of amides is 1. The number of nitrogens with zero attached hydrogens (tertiary/aromatic N) is 7. The second-order valence-corrected chi connectivity index (χ2v) is 9.04. The molecule has 4 aromatic rings. The van der Waals surface area contributed by atoms with Crippen LogP contribution >= 0.6 is 0 Å². The fourth-order valence-corrected chi connectivity index (χ4v) is 5.17. The molecule has 2 aromatic heterocycles. The number of aromatic nitrogens is 5. The van der Waals surface area contributed by atoms with Gasteiger partial charge in [0.05, 0.1) is 29.2 Å². The van der Waals surface area contributed by atoms with Gasteiger partial charge in [0.1, 0.15) is 5.82 Å². The number of rotatable bonds is 3. The molecule has 3 aliphatic rings. The lowest BCUT2D eigenvalue weighted by atomic mass is 9.97. The third kappa shape index (κ3) is 3.57. The van der Waals surface area contributed by atoms with Crippen LogP contribution < -0.4 is 4.90 Å². The highest BCUT2D eigenvalue weighted by molar-refractivity contribution is 5.98. The van der Waals surface area contributed by atoms with E-state index in [0.717, 1.165) is 31.4 Å². The Labute approximate surface area is 196 Å². The molecule has 0 saturated carbocycles. The lowest BCUT2D eigenvalue weighted by molar-refractivity contribution is 0.0612. The van der Waals surface area contributed by atoms with Crippen LogP contribution in [0.25, 0.3) is 16.6 Å². The van der Waals surface area contributed by atoms with Crippen molar-refractivity contribution in [3.8, 4) is 5.69 Å². The smallest absolute Gasteiger partial charge is 0.256 e. The molecule has 2 aromatic carbocycles. The summed E-state index contributed by atoms with van der Waals surface area (Å²) < 4.78 is 13.6. The summed E-state index contributed by atoms with van der Waals surface area (Å²) >= 11 is 0. The molecule has 8 nitrogen and oxygen atoms in total. The maximum absolute atomic E-state index is 13.8. The Hall–Kier alpha value is -3.88. The average Bonchev–Trinajstić information content (AvgIpc) is 3.23. The quantitative estimate of drug-likeness (QED) is 0.468. The van der Waals surface area contributed by atoms with Gasteiger partial charge in [-0.15, -0.1) is 0 Å². The van der Waals surface area contributed by atoms with E-state index in [1.54, 1.807) is 24.7 Å². The molecule has 5 heterocycles. The molecule has 3 fully saturated rings. The summed E-state index contributed by atoms with van der Waals surface area (Å²) in [7, 11) is 0. The van der Waals surface area contributed by atoms with Gasteiger partial charge < -0.3 is 9.80 Å². The number of hydrogen-bond acceptors (Lipinski definition) is 6. The van der Waals surface area contributed by atoms with E-state index in [9.17, 15) is 9.18 Å². The van der Waals surface area contributed by atoms with Crippen molar-refractivity contribution in [1.82, 2.24) is 29.9 Å². The van der Waals surface area contributed by atoms with E-state index >= 15 is 0 Å². The summed E-state index contributed by atoms with van der Waals surface area (Å²) in [5, 5.41) is 9.16. The largest absolute Gasteiger partial charge is 0.336 e. The first kappa shape index (κ1) is 20.7. The van der Waals surface area contributed by atoms with Crippen molar-refractivity contribution in [3.63, 3.8) is 0 Å². The molecule has 2 atom stereocenters. The molecular formula is C25H24FN7O. The summed E-state index contributed by atoms with van der Waals surface area (Å²) in [5.74, 6) is 0.339. The number of carbonyl (C=O) groups is 1. The number of carbonyl (C=O) groups excluding carboxylic acids is 1. The Morgan fingerprint density at radius 2 is 1.85 bits per heavy atom. The van der Waals surface area contributed by atoms with Gasteiger partial charge in [0.15, 0.2) is 0 Å². The number of piperidine rings is 1. The van der Waals surface area contributed by atoms with Crippen LogP contribution in [0.4, 0.5) is 10.3 Å². The van der Waals surface area contributed by atoms with E-state index in [2.05, 4.69) is 20.1 Å². The first-order valence-corrected chi connectivity index (χ1v) is 11.5. The molecule has 0 aliphatic carbocycles. The molecule has 2 bridgehead atoms. The van der Waals surface area contributed by atoms with Crippen LogP contribution in [0.15, 0.2) is 55.0 Å². The Kier molecular flexibility index (Phi) is 4.97. The molecule has 172 valence electrons. The number of halogens is 1. The van der Waals surface area contributed by atoms with E-state index in [1.165, 1.54) is 16.9 Å². The van der Waals surface area contributed by atoms with E-state index in [4.69, 9.17) is 4.98 Å². The van der Waals surface area contributed by atoms with E-state index in [0.29, 0.717) is 34.6 Å². The van der Waals surface area contributed by atoms with Crippen LogP contribution in [0.5, 0.6) is 0 Å². The van der Waals surface area contributed by atoms with Gasteiger partial charge in [0.2, 0.25) is 5.95 Å². The zero-order valence-corrected chi connectivity index (χ0v) is 18.8. The standard InChI is InChI=1S/C25H24FN7O/c1-16-2-7-23(33-28-9-10-29-33)21(12-16)24(34)32-15-20-5-4-19(32)8-11-31(20)25-27-14-17-13-18(26)3-6-22(17)30-25/h2-3,6-7,9-10,12-14,19-20H,4-5,8,11,15H2,1H3/t19-,20-/m0/s1. The van der Waals surface area contributed by atoms with Crippen LogP contribution in [0.3, 0.4) is 0 Å². The minimum absolute atomic E-state index is 0.00227. The van der Waals surface area contributed by atoms with Crippen LogP contribution in [0.1, 0.15) is 35.2 Å². The number of aryl methyl sites for hydroxylation is 1. The number of fused-ring (bicyclic) bond motifs is 5. The number of benzene rings is 2. The van der Waals surface area contributed by atoms with Gasteiger partial charge in [-0.3, -0.25) is 4.79 Å². The summed E-state index contributed by atoms with van der Waals surface area (Å²) in [5.41, 5.74) is 3.03. The Morgan fingerprint density at radius 1 is 1.03 bits per heavy atom. The summed E-state index contributed by atoms with van der Waals surface area (Å²) in [6.07, 6.45) is 7.65. The topological polar surface area (TPSA) is 80.0 Å². The number of anilines is 1. The van der Waals surface area contributed by atoms with Crippen molar-refractivity contribution in [2.24, 2.45) is 0 Å². The highest BCUT2D eigenvalue weighted by Gasteiger charge is 2.39. The molecule has 3 aliphatic heterocycles. The molecule has 9 heteroatoms. The maximum Gasteiger partial charge on any atom is 0.256 e. The van der Waals surface area contributed by atoms with Gasteiger partial charge in [-0.1, -0.05) is 11.6 Å². The van der Waals surface area contributed by atoms with E-state index in [-0.39, 0.29) is 23.8 Å². The third-order valence-electron chi connectivity index (χ3n) is 6.89. The fourth-order valence-electron chi connectivity index (χ4n) is 5.17. The van der Waals surface area contributed by atoms with Gasteiger partial charge in [-0.2, -0.15) is 15.0 Å². The van der Waals surface area contributed by atoms with E-state index < -0.39 is 0 Å². The van der Waals surface area contributed by atoms with Gasteiger partial charge in [0, 0.05) is 36.8 Å². The Bertz CT molecular complexity index is 1370. The van der Waals surface area contributed by atoms with Crippen molar-refractivity contribution in [2.45, 2.75) is 38.3 Å². The zero-order valence-electron chi connectivity index (χ0n) is 18.8. The summed E-state index contributed by atoms with van der Waals surface area (Å²) in [6, 6.07) is 10.6. The summed E-state index contributed by atoms with van der Waals surface area (Å²) in [4.78, 5) is 28.8. The Morgan fingerprint density at radius 3 is 2.71 bits per heavy atom. The summed E-state index contributed by atoms with van der Waals surface area (Å²) in [6.45, 7) is 3.36. The van der Waals surface area contributed by atoms with Crippen LogP contribution in [-0.2, 0) is 0 Å². The predicted octanol–water partition coefficient (Wildman–Crippen LogP) is 3.54. The Balaban J connectivity index is 1.31. The lowest BCUT2D eigenvalue weighted by Crippen LogP contribution is -2.50. The second-order valence-electron chi connectivity index (χ2n) is 9.04. The lowest BCUT2D eigenvalue weighted by Gasteiger charge is -2.38. The molecule has 34 heavy (non-hydrogen) atoms. The molecule has 3 saturated heterocycles. The van der Waals surface area contributed by atoms with Crippen molar-refractivity contribution in [3.05, 3.63) is 71.9 Å². The molecule has 0 N–H and O–H groups in total. The van der Waals surface area contributed by atoms with Gasteiger partial charge in [-0.25, -0.2) is 14.4 Å². The molecule has 0 spiro atoms. The first-order valence-electron chi connectivity index (χ1n) is 11.5. The van der Waals surface area contributed by atoms with Crippen molar-refractivity contribution in [2.75, 3.05) is 18.0 Å². The SMILES string of the molecule is Cc1ccc(-n2nccn2)c(C(=O)N2C[C@@H]3CC[C@H]2CCN3c2ncc3cc(F)ccc3n2)c1. The minimum atomic E-state index is -0.299. The fraction of sp³-hybridized carbons (Fsp3) is 0.320. The van der Waals surface area contributed by atoms with Crippen LogP contribution in [0.2, 0.25) is 0 Å². The molecule has 7 rings (SSSR count). The number of hydrogen-bond donors (Lipinski definition) is 0. The van der Waals surface area contributed by atoms with Crippen LogP contribution in [-0.4, -0.2) is 60.9 Å². The van der Waals surface area contributed by atoms with Gasteiger partial charge >= 0.3 is 0 Å². The maximum atomic E-state index is 13.8. The highest BCUT2D eigenvalue weighted by Crippen LogP contribution is 2.32. The first-order chi connectivity index (χ1) is 16.6. The predicted molar refractivity (Wildman–Crippen MR) is 125 cm³/mol. The molecule has 1 amide bonds. The van der Waals surface area contributed by atoms with Crippen LogP contribution in [0, 0.1) is 12.7 Å². The van der Waals surface area contributed by atoms with E-state index in [1.807, 2.05) is 30.0 Å². The minimum Gasteiger partial charge on any atom is -0.336 e. The second kappa shape index (κ2) is 8.16. The van der Waals surface area contributed by atoms with Crippen molar-refractivity contribution < 1.29 is 9.18 Å². The van der Waals surface area contributed by atoms with Crippen molar-refractivity contribution in [1.29, 1.82) is 0 Å².